The molecule has 0 N–H and O–H groups in total. The van der Waals surface area contributed by atoms with Crippen molar-refractivity contribution in [3.05, 3.63) is 24.3 Å². The van der Waals surface area contributed by atoms with Crippen molar-refractivity contribution in [2.75, 3.05) is 0 Å². The van der Waals surface area contributed by atoms with Crippen molar-refractivity contribution in [2.24, 2.45) is 29.1 Å². The second-order valence-electron chi connectivity index (χ2n) is 5.90. The molecule has 4 bridgehead atoms. The highest BCUT2D eigenvalue weighted by molar-refractivity contribution is 5.97. The Hall–Kier alpha value is -0.850. The van der Waals surface area contributed by atoms with Gasteiger partial charge in [0.05, 0.1) is 0 Å². The van der Waals surface area contributed by atoms with Crippen molar-refractivity contribution in [3.63, 3.8) is 0 Å². The predicted molar refractivity (Wildman–Crippen MR) is 58.1 cm³/mol. The molecule has 1 heteroatoms. The highest BCUT2D eigenvalue weighted by Crippen LogP contribution is 2.77. The average molecular weight is 200 g/mol. The molecule has 0 radical (unpaired) electrons. The van der Waals surface area contributed by atoms with Crippen molar-refractivity contribution in [3.8, 4) is 0 Å². The Morgan fingerprint density at radius 1 is 1.00 bits per heavy atom. The normalized spacial score (nSPS) is 49.2. The lowest BCUT2D eigenvalue weighted by Gasteiger charge is -2.32. The second-order valence-corrected chi connectivity index (χ2v) is 5.90. The third-order valence-corrected chi connectivity index (χ3v) is 5.65. The lowest BCUT2D eigenvalue weighted by atomic mass is 9.70. The maximum Gasteiger partial charge on any atom is 0.145 e. The maximum absolute atomic E-state index is 12.2. The Bertz CT molecular complexity index is 379. The van der Waals surface area contributed by atoms with Gasteiger partial charge in [0.25, 0.3) is 0 Å². The van der Waals surface area contributed by atoms with Gasteiger partial charge in [0.15, 0.2) is 0 Å². The molecule has 5 aliphatic rings. The first kappa shape index (κ1) is 8.32. The summed E-state index contributed by atoms with van der Waals surface area (Å²) in [5.41, 5.74) is 2.92. The van der Waals surface area contributed by atoms with Gasteiger partial charge in [0.2, 0.25) is 0 Å². The minimum atomic E-state index is 0.186. The SMILES string of the molecule is C=C1[C@H]2C(=O)[C@H]3[C@@H]1C(=C)[C@@H]2C31CCCC1. The van der Waals surface area contributed by atoms with Gasteiger partial charge in [-0.25, -0.2) is 0 Å². The zero-order valence-electron chi connectivity index (χ0n) is 8.96. The quantitative estimate of drug-likeness (QED) is 0.549. The zero-order valence-corrected chi connectivity index (χ0v) is 8.96. The third-order valence-electron chi connectivity index (χ3n) is 5.65. The first-order chi connectivity index (χ1) is 7.18. The smallest absolute Gasteiger partial charge is 0.145 e. The van der Waals surface area contributed by atoms with Gasteiger partial charge in [-0.15, -0.1) is 0 Å². The summed E-state index contributed by atoms with van der Waals surface area (Å²) >= 11 is 0. The summed E-state index contributed by atoms with van der Waals surface area (Å²) in [7, 11) is 0. The molecule has 0 saturated heterocycles. The van der Waals surface area contributed by atoms with E-state index < -0.39 is 0 Å². The molecule has 0 heterocycles. The van der Waals surface area contributed by atoms with E-state index in [1.165, 1.54) is 36.8 Å². The molecular formula is C14H16O. The van der Waals surface area contributed by atoms with Crippen LogP contribution in [0.1, 0.15) is 25.7 Å². The largest absolute Gasteiger partial charge is 0.299 e. The van der Waals surface area contributed by atoms with Crippen LogP contribution in [0.4, 0.5) is 0 Å². The number of hydrogen-bond donors (Lipinski definition) is 0. The molecule has 0 unspecified atom stereocenters. The summed E-state index contributed by atoms with van der Waals surface area (Å²) in [6.45, 7) is 8.38. The van der Waals surface area contributed by atoms with E-state index in [2.05, 4.69) is 13.2 Å². The number of rotatable bonds is 0. The van der Waals surface area contributed by atoms with E-state index >= 15 is 0 Å². The summed E-state index contributed by atoms with van der Waals surface area (Å²) in [4.78, 5) is 12.2. The van der Waals surface area contributed by atoms with Crippen molar-refractivity contribution < 1.29 is 4.79 Å². The molecule has 1 spiro atoms. The maximum atomic E-state index is 12.2. The first-order valence-corrected chi connectivity index (χ1v) is 6.09. The van der Waals surface area contributed by atoms with Gasteiger partial charge >= 0.3 is 0 Å². The second kappa shape index (κ2) is 2.14. The highest BCUT2D eigenvalue weighted by atomic mass is 16.1. The minimum absolute atomic E-state index is 0.186. The molecule has 0 aromatic heterocycles. The van der Waals surface area contributed by atoms with Crippen LogP contribution < -0.4 is 0 Å². The van der Waals surface area contributed by atoms with Gasteiger partial charge in [-0.3, -0.25) is 4.79 Å². The topological polar surface area (TPSA) is 17.1 Å². The number of Topliss-reactive ketones (excluding diaryl/α,β-unsaturated/α-hetero) is 1. The molecule has 0 aromatic rings. The summed E-state index contributed by atoms with van der Waals surface area (Å²) in [5, 5.41) is 0. The van der Waals surface area contributed by atoms with Crippen LogP contribution in [0.15, 0.2) is 24.3 Å². The number of allylic oxidation sites excluding steroid dienone is 2. The summed E-state index contributed by atoms with van der Waals surface area (Å²) in [6, 6.07) is 0. The zero-order chi connectivity index (χ0) is 10.4. The molecule has 5 saturated carbocycles. The van der Waals surface area contributed by atoms with E-state index in [1.807, 2.05) is 0 Å². The van der Waals surface area contributed by atoms with Crippen LogP contribution in [0, 0.1) is 29.1 Å². The van der Waals surface area contributed by atoms with Crippen molar-refractivity contribution in [2.45, 2.75) is 25.7 Å². The van der Waals surface area contributed by atoms with Crippen LogP contribution in [-0.2, 0) is 4.79 Å². The van der Waals surface area contributed by atoms with E-state index in [9.17, 15) is 4.79 Å². The average Bonchev–Trinajstić information content (AvgIpc) is 2.90. The molecular weight excluding hydrogens is 184 g/mol. The Balaban J connectivity index is 1.95. The predicted octanol–water partition coefficient (Wildman–Crippen LogP) is 2.73. The monoisotopic (exact) mass is 200 g/mol. The molecule has 5 rings (SSSR count). The van der Waals surface area contributed by atoms with E-state index in [1.54, 1.807) is 0 Å². The molecule has 15 heavy (non-hydrogen) atoms. The summed E-state index contributed by atoms with van der Waals surface area (Å²) in [5.74, 6) is 1.88. The van der Waals surface area contributed by atoms with E-state index in [-0.39, 0.29) is 5.92 Å². The van der Waals surface area contributed by atoms with Crippen LogP contribution in [0.25, 0.3) is 0 Å². The fourth-order valence-corrected chi connectivity index (χ4v) is 5.35. The Kier molecular flexibility index (Phi) is 1.18. The Labute approximate surface area is 90.2 Å². The van der Waals surface area contributed by atoms with Gasteiger partial charge in [-0.1, -0.05) is 37.1 Å². The fraction of sp³-hybridized carbons (Fsp3) is 0.643. The van der Waals surface area contributed by atoms with Gasteiger partial charge in [0.1, 0.15) is 5.78 Å². The summed E-state index contributed by atoms with van der Waals surface area (Å²) in [6.07, 6.45) is 5.18. The molecule has 4 atom stereocenters. The van der Waals surface area contributed by atoms with E-state index in [0.717, 1.165) is 0 Å². The minimum Gasteiger partial charge on any atom is -0.299 e. The Morgan fingerprint density at radius 3 is 2.20 bits per heavy atom. The number of ketones is 1. The molecule has 5 aliphatic carbocycles. The number of hydrogen-bond acceptors (Lipinski definition) is 1. The van der Waals surface area contributed by atoms with Crippen LogP contribution in [0.3, 0.4) is 0 Å². The summed E-state index contributed by atoms with van der Waals surface area (Å²) < 4.78 is 0. The third kappa shape index (κ3) is 0.601. The first-order valence-electron chi connectivity index (χ1n) is 6.09. The Morgan fingerprint density at radius 2 is 1.67 bits per heavy atom. The van der Waals surface area contributed by atoms with Gasteiger partial charge in [0, 0.05) is 17.8 Å². The van der Waals surface area contributed by atoms with Crippen LogP contribution in [0.5, 0.6) is 0 Å². The van der Waals surface area contributed by atoms with Gasteiger partial charge in [-0.2, -0.15) is 0 Å². The molecule has 0 aliphatic heterocycles. The standard InChI is InChI=1S/C14H16O/c1-7-9-8(2)11-10(7)13(15)12(9)14(11)5-3-4-6-14/h9-12H,1-6H2/t9-,10+,11-,12+/m0/s1. The molecule has 1 nitrogen and oxygen atoms in total. The van der Waals surface area contributed by atoms with Crippen molar-refractivity contribution in [1.82, 2.24) is 0 Å². The number of carbonyl (C=O) groups is 1. The molecule has 5 fully saturated rings. The highest BCUT2D eigenvalue weighted by Gasteiger charge is 2.75. The van der Waals surface area contributed by atoms with Gasteiger partial charge < -0.3 is 0 Å². The fourth-order valence-electron chi connectivity index (χ4n) is 5.35. The molecule has 0 amide bonds. The number of carbonyl (C=O) groups excluding carboxylic acids is 1. The lowest BCUT2D eigenvalue weighted by Crippen LogP contribution is -2.28. The van der Waals surface area contributed by atoms with Gasteiger partial charge in [-0.05, 0) is 24.2 Å². The van der Waals surface area contributed by atoms with Crippen LogP contribution >= 0.6 is 0 Å². The molecule has 0 aromatic carbocycles. The van der Waals surface area contributed by atoms with Crippen LogP contribution in [-0.4, -0.2) is 5.78 Å². The van der Waals surface area contributed by atoms with Crippen molar-refractivity contribution >= 4 is 5.78 Å². The van der Waals surface area contributed by atoms with E-state index in [0.29, 0.717) is 29.0 Å². The molecule has 78 valence electrons. The lowest BCUT2D eigenvalue weighted by molar-refractivity contribution is -0.123. The van der Waals surface area contributed by atoms with Crippen molar-refractivity contribution in [1.29, 1.82) is 0 Å². The van der Waals surface area contributed by atoms with E-state index in [4.69, 9.17) is 0 Å². The van der Waals surface area contributed by atoms with Crippen LogP contribution in [0.2, 0.25) is 0 Å².